The van der Waals surface area contributed by atoms with E-state index in [-0.39, 0.29) is 17.8 Å². The lowest BCUT2D eigenvalue weighted by atomic mass is 9.93. The molecule has 1 aromatic heterocycles. The van der Waals surface area contributed by atoms with Gasteiger partial charge in [-0.25, -0.2) is 9.37 Å². The van der Waals surface area contributed by atoms with Crippen LogP contribution in [0.1, 0.15) is 40.4 Å². The van der Waals surface area contributed by atoms with Crippen molar-refractivity contribution in [3.8, 4) is 0 Å². The smallest absolute Gasteiger partial charge is 0.274 e. The second kappa shape index (κ2) is 6.02. The topological polar surface area (TPSA) is 50.2 Å². The zero-order chi connectivity index (χ0) is 16.7. The maximum atomic E-state index is 13.6. The Morgan fingerprint density at radius 2 is 2.17 bits per heavy atom. The fraction of sp³-hybridized carbons (Fsp3) is 0.444. The Bertz CT molecular complexity index is 762. The third kappa shape index (κ3) is 2.60. The van der Waals surface area contributed by atoms with E-state index in [0.29, 0.717) is 12.2 Å². The number of carbonyl (C=O) groups is 1. The third-order valence-corrected chi connectivity index (χ3v) is 5.04. The molecule has 2 aliphatic heterocycles. The summed E-state index contributed by atoms with van der Waals surface area (Å²) in [6.45, 7) is 5.21. The molecule has 1 atom stereocenters. The number of fused-ring (bicyclic) bond motifs is 2. The van der Waals surface area contributed by atoms with Crippen LogP contribution in [-0.4, -0.2) is 40.0 Å². The summed E-state index contributed by atoms with van der Waals surface area (Å²) in [7, 11) is 0. The number of halogens is 1. The Kier molecular flexibility index (Phi) is 3.84. The maximum Gasteiger partial charge on any atom is 0.274 e. The first-order valence-corrected chi connectivity index (χ1v) is 8.49. The molecule has 0 fully saturated rings. The number of nitrogens with zero attached hydrogens (tertiary/aromatic N) is 3. The van der Waals surface area contributed by atoms with Gasteiger partial charge in [-0.05, 0) is 36.6 Å². The van der Waals surface area contributed by atoms with Crippen molar-refractivity contribution in [2.45, 2.75) is 32.4 Å². The molecule has 2 aromatic rings. The van der Waals surface area contributed by atoms with E-state index in [1.165, 1.54) is 6.07 Å². The first-order valence-electron chi connectivity index (χ1n) is 8.49. The molecule has 1 amide bonds. The van der Waals surface area contributed by atoms with E-state index < -0.39 is 0 Å². The molecule has 1 unspecified atom stereocenters. The van der Waals surface area contributed by atoms with E-state index in [1.54, 1.807) is 6.07 Å². The largest absolute Gasteiger partial charge is 0.333 e. The Morgan fingerprint density at radius 1 is 1.29 bits per heavy atom. The number of hydrogen-bond donors (Lipinski definition) is 1. The number of carbonyl (C=O) groups excluding carboxylic acids is 1. The average molecular weight is 328 g/mol. The van der Waals surface area contributed by atoms with E-state index in [9.17, 15) is 9.18 Å². The fourth-order valence-electron chi connectivity index (χ4n) is 3.68. The standard InChI is InChI=1S/C18H21FN4O/c1-12-15-10-14(19)3-2-13(15)5-8-23(12)18(24)16-11-22-9-7-20-6-4-17(22)21-16/h2-3,10-12,20H,4-9H2,1H3. The molecular weight excluding hydrogens is 307 g/mol. The van der Waals surface area contributed by atoms with Crippen molar-refractivity contribution in [3.63, 3.8) is 0 Å². The van der Waals surface area contributed by atoms with Gasteiger partial charge in [0, 0.05) is 38.8 Å². The van der Waals surface area contributed by atoms with Gasteiger partial charge < -0.3 is 14.8 Å². The summed E-state index contributed by atoms with van der Waals surface area (Å²) < 4.78 is 15.7. The molecular formula is C18H21FN4O. The highest BCUT2D eigenvalue weighted by Gasteiger charge is 2.30. The molecule has 0 saturated heterocycles. The Balaban J connectivity index is 1.61. The van der Waals surface area contributed by atoms with Crippen LogP contribution in [0.5, 0.6) is 0 Å². The number of hydrogen-bond acceptors (Lipinski definition) is 3. The Hall–Kier alpha value is -2.21. The van der Waals surface area contributed by atoms with Crippen LogP contribution < -0.4 is 5.32 Å². The molecule has 6 heteroatoms. The minimum Gasteiger partial charge on any atom is -0.333 e. The monoisotopic (exact) mass is 328 g/mol. The first kappa shape index (κ1) is 15.3. The maximum absolute atomic E-state index is 13.6. The van der Waals surface area contributed by atoms with Gasteiger partial charge >= 0.3 is 0 Å². The fourth-order valence-corrected chi connectivity index (χ4v) is 3.68. The minimum atomic E-state index is -0.254. The number of benzene rings is 1. The molecule has 126 valence electrons. The number of aromatic nitrogens is 2. The Labute approximate surface area is 140 Å². The van der Waals surface area contributed by atoms with Crippen LogP contribution in [0.15, 0.2) is 24.4 Å². The normalized spacial score (nSPS) is 20.2. The van der Waals surface area contributed by atoms with E-state index in [4.69, 9.17) is 0 Å². The van der Waals surface area contributed by atoms with Crippen molar-refractivity contribution < 1.29 is 9.18 Å². The molecule has 3 heterocycles. The van der Waals surface area contributed by atoms with Crippen LogP contribution in [0.25, 0.3) is 0 Å². The van der Waals surface area contributed by atoms with Crippen molar-refractivity contribution in [3.05, 3.63) is 52.9 Å². The molecule has 0 radical (unpaired) electrons. The van der Waals surface area contributed by atoms with Gasteiger partial charge in [-0.3, -0.25) is 4.79 Å². The highest BCUT2D eigenvalue weighted by Crippen LogP contribution is 2.31. The number of nitrogens with one attached hydrogen (secondary N) is 1. The van der Waals surface area contributed by atoms with Crippen LogP contribution in [0.4, 0.5) is 4.39 Å². The van der Waals surface area contributed by atoms with Gasteiger partial charge in [-0.2, -0.15) is 0 Å². The summed E-state index contributed by atoms with van der Waals surface area (Å²) in [6.07, 6.45) is 3.44. The van der Waals surface area contributed by atoms with Gasteiger partial charge in [0.2, 0.25) is 0 Å². The van der Waals surface area contributed by atoms with Crippen LogP contribution in [-0.2, 0) is 19.4 Å². The van der Waals surface area contributed by atoms with E-state index in [2.05, 4.69) is 14.9 Å². The summed E-state index contributed by atoms with van der Waals surface area (Å²) in [5.74, 6) is 0.640. The highest BCUT2D eigenvalue weighted by molar-refractivity contribution is 5.92. The lowest BCUT2D eigenvalue weighted by Crippen LogP contribution is -2.39. The van der Waals surface area contributed by atoms with Gasteiger partial charge in [-0.1, -0.05) is 6.07 Å². The quantitative estimate of drug-likeness (QED) is 0.870. The minimum absolute atomic E-state index is 0.0639. The average Bonchev–Trinajstić information content (AvgIpc) is 2.86. The predicted molar refractivity (Wildman–Crippen MR) is 88.4 cm³/mol. The summed E-state index contributed by atoms with van der Waals surface area (Å²) in [5, 5.41) is 3.32. The lowest BCUT2D eigenvalue weighted by Gasteiger charge is -2.34. The van der Waals surface area contributed by atoms with Gasteiger partial charge in [0.05, 0.1) is 6.04 Å². The zero-order valence-electron chi connectivity index (χ0n) is 13.8. The van der Waals surface area contributed by atoms with Crippen LogP contribution in [0.3, 0.4) is 0 Å². The number of rotatable bonds is 1. The lowest BCUT2D eigenvalue weighted by molar-refractivity contribution is 0.0671. The highest BCUT2D eigenvalue weighted by atomic mass is 19.1. The van der Waals surface area contributed by atoms with Crippen molar-refractivity contribution in [2.75, 3.05) is 19.6 Å². The number of imidazole rings is 1. The first-order chi connectivity index (χ1) is 11.6. The molecule has 2 aliphatic rings. The molecule has 5 nitrogen and oxygen atoms in total. The number of amides is 1. The van der Waals surface area contributed by atoms with Crippen LogP contribution in [0.2, 0.25) is 0 Å². The van der Waals surface area contributed by atoms with Crippen molar-refractivity contribution in [2.24, 2.45) is 0 Å². The second-order valence-corrected chi connectivity index (χ2v) is 6.50. The Morgan fingerprint density at radius 3 is 3.04 bits per heavy atom. The molecule has 0 bridgehead atoms. The molecule has 0 aliphatic carbocycles. The summed E-state index contributed by atoms with van der Waals surface area (Å²) in [5.41, 5.74) is 2.53. The summed E-state index contributed by atoms with van der Waals surface area (Å²) in [6, 6.07) is 4.73. The van der Waals surface area contributed by atoms with Crippen LogP contribution >= 0.6 is 0 Å². The van der Waals surface area contributed by atoms with Gasteiger partial charge in [0.1, 0.15) is 17.3 Å². The van der Waals surface area contributed by atoms with E-state index in [0.717, 1.165) is 49.4 Å². The second-order valence-electron chi connectivity index (χ2n) is 6.50. The molecule has 1 aromatic carbocycles. The predicted octanol–water partition coefficient (Wildman–Crippen LogP) is 1.93. The molecule has 0 saturated carbocycles. The third-order valence-electron chi connectivity index (χ3n) is 5.04. The van der Waals surface area contributed by atoms with E-state index >= 15 is 0 Å². The van der Waals surface area contributed by atoms with E-state index in [1.807, 2.05) is 24.1 Å². The molecule has 4 rings (SSSR count). The van der Waals surface area contributed by atoms with Gasteiger partial charge in [0.15, 0.2) is 0 Å². The van der Waals surface area contributed by atoms with Gasteiger partial charge in [0.25, 0.3) is 5.91 Å². The summed E-state index contributed by atoms with van der Waals surface area (Å²) in [4.78, 5) is 19.3. The van der Waals surface area contributed by atoms with Crippen molar-refractivity contribution >= 4 is 5.91 Å². The van der Waals surface area contributed by atoms with Crippen molar-refractivity contribution in [1.29, 1.82) is 0 Å². The molecule has 24 heavy (non-hydrogen) atoms. The zero-order valence-corrected chi connectivity index (χ0v) is 13.8. The SMILES string of the molecule is CC1c2cc(F)ccc2CCN1C(=O)c1cn2c(n1)CCNCC2. The van der Waals surface area contributed by atoms with Gasteiger partial charge in [-0.15, -0.1) is 0 Å². The summed E-state index contributed by atoms with van der Waals surface area (Å²) >= 11 is 0. The molecule has 1 N–H and O–H groups in total. The van der Waals surface area contributed by atoms with Crippen LogP contribution in [0, 0.1) is 5.82 Å². The van der Waals surface area contributed by atoms with Crippen molar-refractivity contribution in [1.82, 2.24) is 19.8 Å². The molecule has 0 spiro atoms.